The fourth-order valence-corrected chi connectivity index (χ4v) is 3.57. The van der Waals surface area contributed by atoms with E-state index >= 15 is 0 Å². The van der Waals surface area contributed by atoms with Gasteiger partial charge in [-0.1, -0.05) is 18.2 Å². The Morgan fingerprint density at radius 3 is 2.50 bits per heavy atom. The third-order valence-corrected chi connectivity index (χ3v) is 5.12. The van der Waals surface area contributed by atoms with Crippen LogP contribution in [0.25, 0.3) is 22.6 Å². The van der Waals surface area contributed by atoms with Gasteiger partial charge in [0.2, 0.25) is 5.89 Å². The molecule has 0 bridgehead atoms. The number of aromatic nitrogens is 1. The maximum Gasteiger partial charge on any atom is 0.335 e. The number of imide groups is 1. The molecule has 0 atom stereocenters. The number of aromatic carboxylic acids is 1. The van der Waals surface area contributed by atoms with Crippen molar-refractivity contribution in [2.45, 2.75) is 6.92 Å². The lowest BCUT2D eigenvalue weighted by molar-refractivity contribution is 0.0696. The van der Waals surface area contributed by atoms with E-state index in [1.54, 1.807) is 19.1 Å². The number of fused-ring (bicyclic) bond motifs is 2. The second-order valence-corrected chi connectivity index (χ2v) is 7.00. The van der Waals surface area contributed by atoms with E-state index in [0.717, 1.165) is 4.90 Å². The van der Waals surface area contributed by atoms with Crippen molar-refractivity contribution in [3.8, 4) is 11.5 Å². The van der Waals surface area contributed by atoms with Gasteiger partial charge in [0.1, 0.15) is 5.52 Å². The Morgan fingerprint density at radius 2 is 1.73 bits per heavy atom. The number of carboxylic acids is 1. The van der Waals surface area contributed by atoms with Crippen LogP contribution >= 0.6 is 0 Å². The fourth-order valence-electron chi connectivity index (χ4n) is 3.57. The molecule has 146 valence electrons. The Balaban J connectivity index is 1.60. The number of aryl methyl sites for hydroxylation is 1. The van der Waals surface area contributed by atoms with Crippen LogP contribution in [0.5, 0.6) is 0 Å². The van der Waals surface area contributed by atoms with E-state index in [0.29, 0.717) is 33.8 Å². The van der Waals surface area contributed by atoms with Crippen molar-refractivity contribution in [3.63, 3.8) is 0 Å². The van der Waals surface area contributed by atoms with Crippen molar-refractivity contribution >= 4 is 34.6 Å². The van der Waals surface area contributed by atoms with Gasteiger partial charge in [-0.05, 0) is 55.0 Å². The lowest BCUT2D eigenvalue weighted by Crippen LogP contribution is -2.30. The first kappa shape index (κ1) is 17.8. The Kier molecular flexibility index (Phi) is 3.79. The molecule has 0 saturated carbocycles. The lowest BCUT2D eigenvalue weighted by atomic mass is 10.1. The van der Waals surface area contributed by atoms with Crippen molar-refractivity contribution in [2.24, 2.45) is 0 Å². The van der Waals surface area contributed by atoms with Crippen molar-refractivity contribution < 1.29 is 23.9 Å². The normalized spacial score (nSPS) is 13.2. The van der Waals surface area contributed by atoms with E-state index in [1.807, 2.05) is 30.3 Å². The van der Waals surface area contributed by atoms with Crippen molar-refractivity contribution in [3.05, 3.63) is 82.9 Å². The van der Waals surface area contributed by atoms with E-state index < -0.39 is 17.8 Å². The van der Waals surface area contributed by atoms with Crippen LogP contribution in [0.3, 0.4) is 0 Å². The minimum absolute atomic E-state index is 0.0475. The number of anilines is 1. The van der Waals surface area contributed by atoms with Crippen molar-refractivity contribution in [1.29, 1.82) is 0 Å². The van der Waals surface area contributed by atoms with E-state index in [4.69, 9.17) is 4.42 Å². The summed E-state index contributed by atoms with van der Waals surface area (Å²) in [6.45, 7) is 1.79. The van der Waals surface area contributed by atoms with E-state index in [1.165, 1.54) is 18.2 Å². The average molecular weight is 398 g/mol. The zero-order valence-corrected chi connectivity index (χ0v) is 15.7. The zero-order valence-electron chi connectivity index (χ0n) is 15.7. The zero-order chi connectivity index (χ0) is 21.0. The summed E-state index contributed by atoms with van der Waals surface area (Å²) in [4.78, 5) is 42.7. The van der Waals surface area contributed by atoms with E-state index in [9.17, 15) is 19.5 Å². The summed E-state index contributed by atoms with van der Waals surface area (Å²) in [5.74, 6) is -1.84. The topological polar surface area (TPSA) is 101 Å². The Hall–Kier alpha value is -4.26. The number of benzene rings is 3. The molecule has 5 rings (SSSR count). The Labute approximate surface area is 170 Å². The van der Waals surface area contributed by atoms with Crippen molar-refractivity contribution in [2.75, 3.05) is 4.90 Å². The second kappa shape index (κ2) is 6.38. The van der Waals surface area contributed by atoms with Crippen LogP contribution in [0.4, 0.5) is 5.69 Å². The summed E-state index contributed by atoms with van der Waals surface area (Å²) >= 11 is 0. The summed E-state index contributed by atoms with van der Waals surface area (Å²) in [6, 6.07) is 16.6. The molecule has 3 aromatic carbocycles. The number of carbonyl (C=O) groups is 3. The number of hydrogen-bond donors (Lipinski definition) is 1. The van der Waals surface area contributed by atoms with Gasteiger partial charge in [0, 0.05) is 5.56 Å². The summed E-state index contributed by atoms with van der Waals surface area (Å²) in [7, 11) is 0. The maximum absolute atomic E-state index is 13.0. The third kappa shape index (κ3) is 2.60. The molecule has 2 heterocycles. The minimum Gasteiger partial charge on any atom is -0.478 e. The number of carbonyl (C=O) groups excluding carboxylic acids is 2. The van der Waals surface area contributed by atoms with Crippen LogP contribution in [0.1, 0.15) is 36.6 Å². The molecule has 7 heteroatoms. The van der Waals surface area contributed by atoms with Crippen LogP contribution in [0, 0.1) is 6.92 Å². The molecule has 1 aliphatic rings. The summed E-state index contributed by atoms with van der Waals surface area (Å²) < 4.78 is 5.80. The quantitative estimate of drug-likeness (QED) is 0.516. The van der Waals surface area contributed by atoms with E-state index in [-0.39, 0.29) is 16.7 Å². The molecule has 0 unspecified atom stereocenters. The minimum atomic E-state index is -1.16. The second-order valence-electron chi connectivity index (χ2n) is 7.00. The summed E-state index contributed by atoms with van der Waals surface area (Å²) in [5.41, 5.74) is 3.28. The van der Waals surface area contributed by atoms with Gasteiger partial charge in [-0.3, -0.25) is 9.59 Å². The number of oxazole rings is 1. The first-order valence-corrected chi connectivity index (χ1v) is 9.17. The van der Waals surface area contributed by atoms with Crippen LogP contribution < -0.4 is 4.90 Å². The number of hydrogen-bond acceptors (Lipinski definition) is 5. The van der Waals surface area contributed by atoms with Gasteiger partial charge in [0.15, 0.2) is 5.58 Å². The number of rotatable bonds is 3. The number of carboxylic acid groups (broad SMARTS) is 1. The maximum atomic E-state index is 13.0. The average Bonchev–Trinajstić information content (AvgIpc) is 3.28. The van der Waals surface area contributed by atoms with Crippen molar-refractivity contribution in [1.82, 2.24) is 4.98 Å². The van der Waals surface area contributed by atoms with Gasteiger partial charge in [0.25, 0.3) is 11.8 Å². The molecule has 0 spiro atoms. The van der Waals surface area contributed by atoms with Gasteiger partial charge in [-0.15, -0.1) is 0 Å². The molecule has 0 fully saturated rings. The molecule has 0 aliphatic carbocycles. The SMILES string of the molecule is Cc1ccc(-c2nc3ccccc3o2)cc1N1C(=O)c2ccc(C(=O)O)cc2C1=O. The smallest absolute Gasteiger partial charge is 0.335 e. The van der Waals surface area contributed by atoms with Gasteiger partial charge in [-0.25, -0.2) is 14.7 Å². The number of para-hydroxylation sites is 2. The highest BCUT2D eigenvalue weighted by atomic mass is 16.4. The highest BCUT2D eigenvalue weighted by Crippen LogP contribution is 2.34. The number of amides is 2. The van der Waals surface area contributed by atoms with Crippen LogP contribution in [0.15, 0.2) is 65.1 Å². The first-order chi connectivity index (χ1) is 14.4. The lowest BCUT2D eigenvalue weighted by Gasteiger charge is -2.17. The molecule has 1 aliphatic heterocycles. The standard InChI is InChI=1S/C23H14N2O5/c1-12-6-7-13(20-24-17-4-2-3-5-19(17)30-20)11-18(12)25-21(26)15-9-8-14(23(28)29)10-16(15)22(25)27/h2-11H,1H3,(H,28,29). The molecule has 1 aromatic heterocycles. The molecular formula is C23H14N2O5. The fraction of sp³-hybridized carbons (Fsp3) is 0.0435. The first-order valence-electron chi connectivity index (χ1n) is 9.17. The van der Waals surface area contributed by atoms with Gasteiger partial charge in [0.05, 0.1) is 22.4 Å². The third-order valence-electron chi connectivity index (χ3n) is 5.12. The van der Waals surface area contributed by atoms with Crippen LogP contribution in [-0.4, -0.2) is 27.9 Å². The molecule has 30 heavy (non-hydrogen) atoms. The van der Waals surface area contributed by atoms with Gasteiger partial charge >= 0.3 is 5.97 Å². The largest absolute Gasteiger partial charge is 0.478 e. The van der Waals surface area contributed by atoms with Gasteiger partial charge in [-0.2, -0.15) is 0 Å². The summed E-state index contributed by atoms with van der Waals surface area (Å²) in [5, 5.41) is 9.19. The highest BCUT2D eigenvalue weighted by Gasteiger charge is 2.38. The summed E-state index contributed by atoms with van der Waals surface area (Å²) in [6.07, 6.45) is 0. The van der Waals surface area contributed by atoms with E-state index in [2.05, 4.69) is 4.98 Å². The molecule has 0 radical (unpaired) electrons. The highest BCUT2D eigenvalue weighted by molar-refractivity contribution is 6.35. The molecule has 1 N–H and O–H groups in total. The molecule has 7 nitrogen and oxygen atoms in total. The van der Waals surface area contributed by atoms with Crippen LogP contribution in [0.2, 0.25) is 0 Å². The molecule has 2 amide bonds. The molecular weight excluding hydrogens is 384 g/mol. The predicted molar refractivity (Wildman–Crippen MR) is 109 cm³/mol. The van der Waals surface area contributed by atoms with Gasteiger partial charge < -0.3 is 9.52 Å². The Bertz CT molecular complexity index is 1350. The van der Waals surface area contributed by atoms with Crippen LogP contribution in [-0.2, 0) is 0 Å². The Morgan fingerprint density at radius 1 is 0.967 bits per heavy atom. The monoisotopic (exact) mass is 398 g/mol. The molecule has 4 aromatic rings. The molecule has 0 saturated heterocycles. The number of nitrogens with zero attached hydrogens (tertiary/aromatic N) is 2. The predicted octanol–water partition coefficient (Wildman–Crippen LogP) is 4.30.